The summed E-state index contributed by atoms with van der Waals surface area (Å²) in [7, 11) is 0. The quantitative estimate of drug-likeness (QED) is 0.885. The van der Waals surface area contributed by atoms with Crippen LogP contribution in [0, 0.1) is 17.1 Å². The average Bonchev–Trinajstić information content (AvgIpc) is 2.91. The third kappa shape index (κ3) is 3.45. The topological polar surface area (TPSA) is 39.1 Å². The Morgan fingerprint density at radius 3 is 2.95 bits per heavy atom. The monoisotopic (exact) mass is 261 g/mol. The van der Waals surface area contributed by atoms with Crippen molar-refractivity contribution in [3.05, 3.63) is 29.6 Å². The van der Waals surface area contributed by atoms with Gasteiger partial charge in [0.1, 0.15) is 5.82 Å². The smallest absolute Gasteiger partial charge is 0.147 e. The highest BCUT2D eigenvalue weighted by Crippen LogP contribution is 2.22. The molecule has 0 bridgehead atoms. The van der Waals surface area contributed by atoms with Crippen LogP contribution < -0.4 is 10.2 Å². The van der Waals surface area contributed by atoms with Gasteiger partial charge >= 0.3 is 0 Å². The normalized spacial score (nSPS) is 18.3. The summed E-state index contributed by atoms with van der Waals surface area (Å²) >= 11 is 0. The van der Waals surface area contributed by atoms with Gasteiger partial charge in [-0.15, -0.1) is 0 Å². The molecular formula is C15H20FN3. The highest BCUT2D eigenvalue weighted by Gasteiger charge is 2.19. The first-order chi connectivity index (χ1) is 9.24. The Bertz CT molecular complexity index is 461. The summed E-state index contributed by atoms with van der Waals surface area (Å²) < 4.78 is 14.1. The highest BCUT2D eigenvalue weighted by atomic mass is 19.1. The summed E-state index contributed by atoms with van der Waals surface area (Å²) in [6.07, 6.45) is 3.32. The van der Waals surface area contributed by atoms with Gasteiger partial charge in [0.2, 0.25) is 0 Å². The van der Waals surface area contributed by atoms with E-state index in [1.165, 1.54) is 12.5 Å². The van der Waals surface area contributed by atoms with E-state index in [2.05, 4.69) is 17.1 Å². The first-order valence-electron chi connectivity index (χ1n) is 6.92. The van der Waals surface area contributed by atoms with E-state index in [1.54, 1.807) is 12.1 Å². The molecule has 1 aliphatic rings. The maximum Gasteiger partial charge on any atom is 0.147 e. The minimum atomic E-state index is -0.300. The molecule has 0 radical (unpaired) electrons. The molecule has 1 aromatic rings. The molecule has 1 aliphatic heterocycles. The van der Waals surface area contributed by atoms with Gasteiger partial charge in [-0.25, -0.2) is 4.39 Å². The van der Waals surface area contributed by atoms with Crippen molar-refractivity contribution in [1.82, 2.24) is 5.32 Å². The van der Waals surface area contributed by atoms with E-state index in [1.807, 2.05) is 6.07 Å². The largest absolute Gasteiger partial charge is 0.368 e. The molecule has 1 fully saturated rings. The molecule has 1 aromatic carbocycles. The van der Waals surface area contributed by atoms with Crippen LogP contribution in [0.1, 0.15) is 31.7 Å². The van der Waals surface area contributed by atoms with Crippen LogP contribution in [0.5, 0.6) is 0 Å². The van der Waals surface area contributed by atoms with Crippen LogP contribution in [0.3, 0.4) is 0 Å². The molecule has 1 N–H and O–H groups in total. The number of anilines is 1. The molecule has 3 nitrogen and oxygen atoms in total. The molecule has 4 heteroatoms. The van der Waals surface area contributed by atoms with Crippen LogP contribution >= 0.6 is 0 Å². The third-order valence-corrected chi connectivity index (χ3v) is 3.51. The number of hydrogen-bond donors (Lipinski definition) is 1. The molecule has 2 rings (SSSR count). The van der Waals surface area contributed by atoms with Gasteiger partial charge in [-0.2, -0.15) is 5.26 Å². The summed E-state index contributed by atoms with van der Waals surface area (Å²) in [4.78, 5) is 2.08. The molecule has 102 valence electrons. The fraction of sp³-hybridized carbons (Fsp3) is 0.533. The van der Waals surface area contributed by atoms with Gasteiger partial charge in [-0.1, -0.05) is 6.92 Å². The van der Waals surface area contributed by atoms with Gasteiger partial charge in [0.15, 0.2) is 0 Å². The van der Waals surface area contributed by atoms with E-state index in [9.17, 15) is 4.39 Å². The Morgan fingerprint density at radius 1 is 1.53 bits per heavy atom. The van der Waals surface area contributed by atoms with Crippen LogP contribution in [-0.2, 0) is 0 Å². The lowest BCUT2D eigenvalue weighted by Gasteiger charge is -2.28. The SMILES string of the molecule is CCCN(CC1CCCN1)c1ccc(C#N)cc1F. The van der Waals surface area contributed by atoms with Crippen LogP contribution in [-0.4, -0.2) is 25.7 Å². The lowest BCUT2D eigenvalue weighted by Crippen LogP contribution is -2.38. The fourth-order valence-electron chi connectivity index (χ4n) is 2.59. The molecule has 1 atom stereocenters. The van der Waals surface area contributed by atoms with E-state index in [4.69, 9.17) is 5.26 Å². The second-order valence-corrected chi connectivity index (χ2v) is 5.02. The summed E-state index contributed by atoms with van der Waals surface area (Å²) in [5.41, 5.74) is 0.978. The number of halogens is 1. The van der Waals surface area contributed by atoms with Crippen LogP contribution in [0.2, 0.25) is 0 Å². The lowest BCUT2D eigenvalue weighted by atomic mass is 10.1. The first-order valence-corrected chi connectivity index (χ1v) is 6.92. The predicted molar refractivity (Wildman–Crippen MR) is 74.6 cm³/mol. The molecule has 0 amide bonds. The average molecular weight is 261 g/mol. The number of benzene rings is 1. The standard InChI is InChI=1S/C15H20FN3/c1-2-8-19(11-13-4-3-7-18-13)15-6-5-12(10-17)9-14(15)16/h5-6,9,13,18H,2-4,7-8,11H2,1H3. The van der Waals surface area contributed by atoms with E-state index < -0.39 is 0 Å². The molecular weight excluding hydrogens is 241 g/mol. The van der Waals surface area contributed by atoms with Crippen molar-refractivity contribution in [2.75, 3.05) is 24.5 Å². The maximum absolute atomic E-state index is 14.1. The van der Waals surface area contributed by atoms with E-state index in [-0.39, 0.29) is 5.82 Å². The zero-order valence-electron chi connectivity index (χ0n) is 11.3. The van der Waals surface area contributed by atoms with Crippen molar-refractivity contribution < 1.29 is 4.39 Å². The van der Waals surface area contributed by atoms with Crippen molar-refractivity contribution in [2.24, 2.45) is 0 Å². The summed E-state index contributed by atoms with van der Waals surface area (Å²) in [5, 5.41) is 12.2. The van der Waals surface area contributed by atoms with Crippen molar-refractivity contribution in [3.63, 3.8) is 0 Å². The Labute approximate surface area is 114 Å². The van der Waals surface area contributed by atoms with Gasteiger partial charge in [0, 0.05) is 19.1 Å². The minimum Gasteiger partial charge on any atom is -0.368 e. The zero-order valence-corrected chi connectivity index (χ0v) is 11.3. The molecule has 1 heterocycles. The highest BCUT2D eigenvalue weighted by molar-refractivity contribution is 5.51. The predicted octanol–water partition coefficient (Wildman–Crippen LogP) is 2.67. The molecule has 0 spiro atoms. The van der Waals surface area contributed by atoms with Crippen LogP contribution in [0.15, 0.2) is 18.2 Å². The van der Waals surface area contributed by atoms with Gasteiger partial charge in [0.25, 0.3) is 0 Å². The van der Waals surface area contributed by atoms with Crippen molar-refractivity contribution in [1.29, 1.82) is 5.26 Å². The van der Waals surface area contributed by atoms with Gasteiger partial charge in [0.05, 0.1) is 17.3 Å². The van der Waals surface area contributed by atoms with Gasteiger partial charge in [-0.05, 0) is 44.0 Å². The minimum absolute atomic E-state index is 0.300. The molecule has 0 saturated carbocycles. The molecule has 19 heavy (non-hydrogen) atoms. The first kappa shape index (κ1) is 13.8. The molecule has 1 unspecified atom stereocenters. The Morgan fingerprint density at radius 2 is 2.37 bits per heavy atom. The summed E-state index contributed by atoms with van der Waals surface area (Å²) in [6.45, 7) is 4.81. The van der Waals surface area contributed by atoms with Crippen LogP contribution in [0.25, 0.3) is 0 Å². The van der Waals surface area contributed by atoms with Gasteiger partial charge in [-0.3, -0.25) is 0 Å². The van der Waals surface area contributed by atoms with E-state index >= 15 is 0 Å². The Balaban J connectivity index is 2.15. The number of nitriles is 1. The molecule has 1 saturated heterocycles. The summed E-state index contributed by atoms with van der Waals surface area (Å²) in [5.74, 6) is -0.300. The van der Waals surface area contributed by atoms with Crippen LogP contribution in [0.4, 0.5) is 10.1 Å². The molecule has 0 aliphatic carbocycles. The van der Waals surface area contributed by atoms with Gasteiger partial charge < -0.3 is 10.2 Å². The number of nitrogens with one attached hydrogen (secondary N) is 1. The number of nitrogens with zero attached hydrogens (tertiary/aromatic N) is 2. The van der Waals surface area contributed by atoms with Crippen molar-refractivity contribution in [2.45, 2.75) is 32.2 Å². The second-order valence-electron chi connectivity index (χ2n) is 5.02. The molecule has 0 aromatic heterocycles. The zero-order chi connectivity index (χ0) is 13.7. The fourth-order valence-corrected chi connectivity index (χ4v) is 2.59. The van der Waals surface area contributed by atoms with E-state index in [0.29, 0.717) is 17.3 Å². The number of hydrogen-bond acceptors (Lipinski definition) is 3. The van der Waals surface area contributed by atoms with Crippen molar-refractivity contribution >= 4 is 5.69 Å². The Hall–Kier alpha value is -1.60. The van der Waals surface area contributed by atoms with Crippen molar-refractivity contribution in [3.8, 4) is 6.07 Å². The lowest BCUT2D eigenvalue weighted by molar-refractivity contribution is 0.562. The second kappa shape index (κ2) is 6.53. The summed E-state index contributed by atoms with van der Waals surface area (Å²) in [6, 6.07) is 7.14. The number of rotatable bonds is 5. The third-order valence-electron chi connectivity index (χ3n) is 3.51. The Kier molecular flexibility index (Phi) is 4.75. The maximum atomic E-state index is 14.1. The van der Waals surface area contributed by atoms with E-state index in [0.717, 1.165) is 32.5 Å².